The summed E-state index contributed by atoms with van der Waals surface area (Å²) in [5.74, 6) is 0.436. The summed E-state index contributed by atoms with van der Waals surface area (Å²) < 4.78 is 6.80. The second kappa shape index (κ2) is 13.2. The van der Waals surface area contributed by atoms with Crippen LogP contribution in [-0.4, -0.2) is 64.1 Å². The van der Waals surface area contributed by atoms with Crippen LogP contribution in [0.25, 0.3) is 10.9 Å². The lowest BCUT2D eigenvalue weighted by molar-refractivity contribution is 0.0570. The quantitative estimate of drug-likeness (QED) is 0.199. The zero-order valence-electron chi connectivity index (χ0n) is 22.8. The number of carbonyl (C=O) groups is 2. The summed E-state index contributed by atoms with van der Waals surface area (Å²) in [6, 6.07) is 22.7. The van der Waals surface area contributed by atoms with Crippen LogP contribution in [0.3, 0.4) is 0 Å². The molecule has 0 atom stereocenters. The van der Waals surface area contributed by atoms with E-state index in [4.69, 9.17) is 21.3 Å². The summed E-state index contributed by atoms with van der Waals surface area (Å²) >= 11 is 7.66. The van der Waals surface area contributed by atoms with Crippen LogP contribution >= 0.6 is 23.4 Å². The van der Waals surface area contributed by atoms with Crippen molar-refractivity contribution in [1.29, 1.82) is 0 Å². The molecule has 0 spiro atoms. The highest BCUT2D eigenvalue weighted by Crippen LogP contribution is 2.25. The van der Waals surface area contributed by atoms with Crippen LogP contribution in [0.4, 0.5) is 4.79 Å². The maximum atomic E-state index is 13.7. The predicted octanol–water partition coefficient (Wildman–Crippen LogP) is 5.50. The van der Waals surface area contributed by atoms with Crippen molar-refractivity contribution in [2.75, 3.05) is 32.8 Å². The third-order valence-electron chi connectivity index (χ3n) is 6.98. The van der Waals surface area contributed by atoms with E-state index < -0.39 is 0 Å². The third kappa shape index (κ3) is 6.92. The molecule has 4 aromatic rings. The average Bonchev–Trinajstić information content (AvgIpc) is 3.00. The Morgan fingerprint density at radius 3 is 2.39 bits per heavy atom. The molecule has 3 aromatic carbocycles. The van der Waals surface area contributed by atoms with Gasteiger partial charge in [0.15, 0.2) is 5.16 Å². The lowest BCUT2D eigenvalue weighted by Gasteiger charge is -2.34. The first-order valence-electron chi connectivity index (χ1n) is 13.6. The number of nitrogens with zero attached hydrogens (tertiary/aromatic N) is 4. The lowest BCUT2D eigenvalue weighted by atomic mass is 10.1. The molecule has 0 radical (unpaired) electrons. The van der Waals surface area contributed by atoms with E-state index in [9.17, 15) is 14.4 Å². The Morgan fingerprint density at radius 2 is 1.66 bits per heavy atom. The lowest BCUT2D eigenvalue weighted by Crippen LogP contribution is -2.50. The molecule has 8 nitrogen and oxygen atoms in total. The zero-order valence-corrected chi connectivity index (χ0v) is 24.4. The van der Waals surface area contributed by atoms with Crippen molar-refractivity contribution < 1.29 is 14.3 Å². The average molecular weight is 591 g/mol. The summed E-state index contributed by atoms with van der Waals surface area (Å²) in [7, 11) is 0. The number of amides is 2. The number of hydrogen-bond donors (Lipinski definition) is 0. The van der Waals surface area contributed by atoms with Gasteiger partial charge in [0.2, 0.25) is 0 Å². The van der Waals surface area contributed by atoms with E-state index in [0.29, 0.717) is 78.1 Å². The second-order valence-corrected chi connectivity index (χ2v) is 11.1. The molecule has 10 heteroatoms. The molecular weight excluding hydrogens is 560 g/mol. The van der Waals surface area contributed by atoms with E-state index in [2.05, 4.69) is 0 Å². The molecule has 0 saturated carbocycles. The third-order valence-corrected chi connectivity index (χ3v) is 8.27. The molecule has 1 aromatic heterocycles. The molecule has 212 valence electrons. The maximum Gasteiger partial charge on any atom is 0.409 e. The highest BCUT2D eigenvalue weighted by atomic mass is 35.5. The number of thioether (sulfide) groups is 1. The van der Waals surface area contributed by atoms with Crippen LogP contribution in [0.2, 0.25) is 5.02 Å². The van der Waals surface area contributed by atoms with Gasteiger partial charge >= 0.3 is 6.09 Å². The number of benzene rings is 3. The fourth-order valence-corrected chi connectivity index (χ4v) is 5.97. The summed E-state index contributed by atoms with van der Waals surface area (Å²) in [5, 5.41) is 1.71. The van der Waals surface area contributed by atoms with Crippen molar-refractivity contribution in [3.05, 3.63) is 105 Å². The van der Waals surface area contributed by atoms with Crippen molar-refractivity contribution in [2.45, 2.75) is 30.8 Å². The number of carbonyl (C=O) groups excluding carboxylic acids is 2. The number of halogens is 1. The first kappa shape index (κ1) is 28.7. The maximum absolute atomic E-state index is 13.7. The van der Waals surface area contributed by atoms with E-state index in [-0.39, 0.29) is 17.6 Å². The van der Waals surface area contributed by atoms with Crippen molar-refractivity contribution in [1.82, 2.24) is 19.4 Å². The molecule has 0 unspecified atom stereocenters. The fourth-order valence-electron chi connectivity index (χ4n) is 4.79. The van der Waals surface area contributed by atoms with Gasteiger partial charge in [0.1, 0.15) is 0 Å². The van der Waals surface area contributed by atoms with Crippen LogP contribution in [0, 0.1) is 0 Å². The molecule has 1 fully saturated rings. The van der Waals surface area contributed by atoms with Gasteiger partial charge in [-0.15, -0.1) is 0 Å². The van der Waals surface area contributed by atoms with Gasteiger partial charge in [-0.3, -0.25) is 14.2 Å². The van der Waals surface area contributed by atoms with Gasteiger partial charge < -0.3 is 14.5 Å². The summed E-state index contributed by atoms with van der Waals surface area (Å²) in [6.45, 7) is 4.20. The summed E-state index contributed by atoms with van der Waals surface area (Å²) in [6.07, 6.45) is 0.327. The predicted molar refractivity (Wildman–Crippen MR) is 162 cm³/mol. The van der Waals surface area contributed by atoms with Crippen LogP contribution in [-0.2, 0) is 23.5 Å². The molecule has 0 bridgehead atoms. The van der Waals surface area contributed by atoms with Gasteiger partial charge in [-0.25, -0.2) is 9.78 Å². The smallest absolute Gasteiger partial charge is 0.409 e. The van der Waals surface area contributed by atoms with Crippen LogP contribution in [0.5, 0.6) is 0 Å². The topological polar surface area (TPSA) is 84.7 Å². The Morgan fingerprint density at radius 1 is 0.927 bits per heavy atom. The molecule has 2 heterocycles. The SMILES string of the molecule is CCOC(=O)N1CCN(C(=O)c2ccc3c(=O)n(CCc4ccccc4)c(SCc4cccc(Cl)c4)nc3c2)CC1. The minimum Gasteiger partial charge on any atom is -0.450 e. The first-order valence-corrected chi connectivity index (χ1v) is 15.0. The Bertz CT molecular complexity index is 1600. The second-order valence-electron chi connectivity index (χ2n) is 9.72. The van der Waals surface area contributed by atoms with Crippen molar-refractivity contribution in [2.24, 2.45) is 0 Å². The molecule has 1 aliphatic heterocycles. The largest absolute Gasteiger partial charge is 0.450 e. The van der Waals surface area contributed by atoms with Gasteiger partial charge in [0, 0.05) is 49.1 Å². The molecule has 1 saturated heterocycles. The molecule has 5 rings (SSSR count). The first-order chi connectivity index (χ1) is 19.9. The minimum absolute atomic E-state index is 0.137. The Kier molecular flexibility index (Phi) is 9.26. The van der Waals surface area contributed by atoms with E-state index in [1.807, 2.05) is 54.6 Å². The summed E-state index contributed by atoms with van der Waals surface area (Å²) in [5.41, 5.74) is 2.96. The number of aromatic nitrogens is 2. The van der Waals surface area contributed by atoms with E-state index in [1.54, 1.807) is 39.5 Å². The van der Waals surface area contributed by atoms with Gasteiger partial charge in [0.05, 0.1) is 17.5 Å². The molecular formula is C31H31ClN4O4S. The molecule has 0 N–H and O–H groups in total. The van der Waals surface area contributed by atoms with E-state index >= 15 is 0 Å². The Hall–Kier alpha value is -3.82. The fraction of sp³-hybridized carbons (Fsp3) is 0.290. The number of ether oxygens (including phenoxy) is 1. The van der Waals surface area contributed by atoms with Crippen molar-refractivity contribution in [3.8, 4) is 0 Å². The zero-order chi connectivity index (χ0) is 28.8. The molecule has 41 heavy (non-hydrogen) atoms. The normalized spacial score (nSPS) is 13.4. The van der Waals surface area contributed by atoms with Crippen LogP contribution in [0.15, 0.2) is 82.7 Å². The highest BCUT2D eigenvalue weighted by molar-refractivity contribution is 7.98. The molecule has 1 aliphatic rings. The number of fused-ring (bicyclic) bond motifs is 1. The van der Waals surface area contributed by atoms with Crippen molar-refractivity contribution in [3.63, 3.8) is 0 Å². The van der Waals surface area contributed by atoms with Gasteiger partial charge in [0.25, 0.3) is 11.5 Å². The van der Waals surface area contributed by atoms with Gasteiger partial charge in [-0.05, 0) is 54.8 Å². The number of aryl methyl sites for hydroxylation is 1. The number of hydrogen-bond acceptors (Lipinski definition) is 6. The number of piperazine rings is 1. The van der Waals surface area contributed by atoms with Gasteiger partial charge in [-0.2, -0.15) is 0 Å². The van der Waals surface area contributed by atoms with Crippen LogP contribution < -0.4 is 5.56 Å². The Balaban J connectivity index is 1.41. The molecule has 2 amide bonds. The number of rotatable bonds is 8. The highest BCUT2D eigenvalue weighted by Gasteiger charge is 2.26. The van der Waals surface area contributed by atoms with Crippen molar-refractivity contribution >= 4 is 46.3 Å². The monoisotopic (exact) mass is 590 g/mol. The molecule has 0 aliphatic carbocycles. The van der Waals surface area contributed by atoms with Crippen LogP contribution in [0.1, 0.15) is 28.4 Å². The van der Waals surface area contributed by atoms with Gasteiger partial charge in [-0.1, -0.05) is 65.8 Å². The standard InChI is InChI=1S/C31H31ClN4O4S/c1-2-40-31(39)35-17-15-34(16-18-35)28(37)24-11-12-26-27(20-24)33-30(41-21-23-9-6-10-25(32)19-23)36(29(26)38)14-13-22-7-4-3-5-8-22/h3-12,19-20H,2,13-18,21H2,1H3. The summed E-state index contributed by atoms with van der Waals surface area (Å²) in [4.78, 5) is 47.3. The van der Waals surface area contributed by atoms with E-state index in [1.165, 1.54) is 11.8 Å². The minimum atomic E-state index is -0.360. The Labute approximate surface area is 247 Å². The van der Waals surface area contributed by atoms with E-state index in [0.717, 1.165) is 11.1 Å².